The number of ketones is 1. The van der Waals surface area contributed by atoms with Gasteiger partial charge in [0.1, 0.15) is 0 Å². The Kier molecular flexibility index (Phi) is 20.3. The predicted octanol–water partition coefficient (Wildman–Crippen LogP) is 9.51. The fourth-order valence-corrected chi connectivity index (χ4v) is 5.33. The van der Waals surface area contributed by atoms with Crippen LogP contribution in [0.5, 0.6) is 0 Å². The third-order valence-electron chi connectivity index (χ3n) is 6.93. The van der Waals surface area contributed by atoms with Gasteiger partial charge in [0.2, 0.25) is 0 Å². The van der Waals surface area contributed by atoms with Gasteiger partial charge in [-0.15, -0.1) is 11.3 Å². The number of thiophene rings is 1. The predicted molar refractivity (Wildman–Crippen MR) is 149 cm³/mol. The lowest BCUT2D eigenvalue weighted by Gasteiger charge is -2.17. The van der Waals surface area contributed by atoms with Gasteiger partial charge >= 0.3 is 0 Å². The molecule has 0 aromatic carbocycles. The van der Waals surface area contributed by atoms with Gasteiger partial charge in [-0.05, 0) is 30.2 Å². The maximum absolute atomic E-state index is 12.3. The largest absolute Gasteiger partial charge is 0.349 e. The Morgan fingerprint density at radius 1 is 0.706 bits per heavy atom. The van der Waals surface area contributed by atoms with Crippen molar-refractivity contribution >= 4 is 23.0 Å². The van der Waals surface area contributed by atoms with Gasteiger partial charge < -0.3 is 5.32 Å². The number of rotatable bonds is 24. The minimum atomic E-state index is -0.438. The van der Waals surface area contributed by atoms with Crippen molar-refractivity contribution < 1.29 is 9.59 Å². The summed E-state index contributed by atoms with van der Waals surface area (Å²) in [5.74, 6) is -0.333. The molecule has 34 heavy (non-hydrogen) atoms. The van der Waals surface area contributed by atoms with E-state index in [-0.39, 0.29) is 5.78 Å². The minimum absolute atomic E-state index is 0.389. The number of hydrogen-bond acceptors (Lipinski definition) is 3. The van der Waals surface area contributed by atoms with Crippen LogP contribution in [-0.2, 0) is 4.79 Å². The van der Waals surface area contributed by atoms with Gasteiger partial charge in [0.15, 0.2) is 0 Å². The molecule has 0 bridgehead atoms. The standard InChI is InChI=1S/C30H53NO2S/c1-3-5-7-9-11-13-14-16-18-20-23-27(22-19-17-15-12-10-8-6-4-2)26-31-30(33)29(32)28-24-21-25-34-28/h21,24-25,27H,3-20,22-23,26H2,1-2H3,(H,31,33). The van der Waals surface area contributed by atoms with Crippen LogP contribution in [0.1, 0.15) is 152 Å². The maximum atomic E-state index is 12.3. The number of carbonyl (C=O) groups is 2. The SMILES string of the molecule is CCCCCCCCCCCCC(CCCCCCCCCC)CNC(=O)C(=O)c1cccs1. The molecule has 1 rings (SSSR count). The summed E-state index contributed by atoms with van der Waals surface area (Å²) in [6, 6.07) is 3.55. The highest BCUT2D eigenvalue weighted by Crippen LogP contribution is 2.20. The summed E-state index contributed by atoms with van der Waals surface area (Å²) in [4.78, 5) is 25.1. The van der Waals surface area contributed by atoms with Crippen LogP contribution >= 0.6 is 11.3 Å². The number of carbonyl (C=O) groups excluding carboxylic acids is 2. The summed E-state index contributed by atoms with van der Waals surface area (Å²) in [6.45, 7) is 5.18. The third kappa shape index (κ3) is 16.5. The van der Waals surface area contributed by atoms with Crippen LogP contribution in [0, 0.1) is 5.92 Å². The Bertz CT molecular complexity index is 599. The topological polar surface area (TPSA) is 46.2 Å². The Labute approximate surface area is 214 Å². The van der Waals surface area contributed by atoms with Crippen molar-refractivity contribution in [2.45, 2.75) is 142 Å². The monoisotopic (exact) mass is 491 g/mol. The summed E-state index contributed by atoms with van der Waals surface area (Å²) in [5, 5.41) is 4.79. The molecule has 0 aliphatic carbocycles. The van der Waals surface area contributed by atoms with E-state index in [4.69, 9.17) is 0 Å². The molecule has 0 aliphatic heterocycles. The summed E-state index contributed by atoms with van der Waals surface area (Å²) in [6.07, 6.45) is 26.5. The van der Waals surface area contributed by atoms with Crippen molar-refractivity contribution in [2.75, 3.05) is 6.54 Å². The average molecular weight is 492 g/mol. The molecule has 1 aromatic rings. The lowest BCUT2D eigenvalue weighted by atomic mass is 9.93. The zero-order valence-electron chi connectivity index (χ0n) is 22.4. The van der Waals surface area contributed by atoms with Gasteiger partial charge in [-0.1, -0.05) is 135 Å². The van der Waals surface area contributed by atoms with E-state index in [0.29, 0.717) is 17.3 Å². The first-order chi connectivity index (χ1) is 16.7. The Morgan fingerprint density at radius 3 is 1.56 bits per heavy atom. The molecule has 0 aliphatic rings. The Hall–Kier alpha value is -1.16. The molecule has 3 nitrogen and oxygen atoms in total. The Balaban J connectivity index is 2.25. The smallest absolute Gasteiger partial charge is 0.293 e. The molecule has 4 heteroatoms. The average Bonchev–Trinajstić information content (AvgIpc) is 3.39. The van der Waals surface area contributed by atoms with Crippen molar-refractivity contribution in [3.8, 4) is 0 Å². The van der Waals surface area contributed by atoms with Crippen molar-refractivity contribution in [1.29, 1.82) is 0 Å². The molecule has 196 valence electrons. The zero-order valence-corrected chi connectivity index (χ0v) is 23.2. The molecule has 1 heterocycles. The van der Waals surface area contributed by atoms with Crippen molar-refractivity contribution in [1.82, 2.24) is 5.32 Å². The molecule has 1 atom stereocenters. The van der Waals surface area contributed by atoms with Crippen LogP contribution in [0.3, 0.4) is 0 Å². The normalized spacial score (nSPS) is 12.1. The fraction of sp³-hybridized carbons (Fsp3) is 0.800. The van der Waals surface area contributed by atoms with E-state index in [9.17, 15) is 9.59 Å². The van der Waals surface area contributed by atoms with Crippen LogP contribution < -0.4 is 5.32 Å². The van der Waals surface area contributed by atoms with Gasteiger partial charge in [0, 0.05) is 6.54 Å². The second-order valence-corrected chi connectivity index (χ2v) is 11.1. The van der Waals surface area contributed by atoms with Gasteiger partial charge in [-0.2, -0.15) is 0 Å². The number of Topliss-reactive ketones (excluding diaryl/α,β-unsaturated/α-hetero) is 1. The number of unbranched alkanes of at least 4 members (excludes halogenated alkanes) is 16. The van der Waals surface area contributed by atoms with E-state index in [1.165, 1.54) is 140 Å². The zero-order chi connectivity index (χ0) is 24.7. The third-order valence-corrected chi connectivity index (χ3v) is 7.80. The highest BCUT2D eigenvalue weighted by atomic mass is 32.1. The minimum Gasteiger partial charge on any atom is -0.349 e. The first kappa shape index (κ1) is 30.9. The lowest BCUT2D eigenvalue weighted by molar-refractivity contribution is -0.117. The van der Waals surface area contributed by atoms with E-state index in [1.807, 2.05) is 11.4 Å². The molecular weight excluding hydrogens is 438 g/mol. The molecule has 1 N–H and O–H groups in total. The van der Waals surface area contributed by atoms with E-state index >= 15 is 0 Å². The molecule has 0 saturated carbocycles. The first-order valence-electron chi connectivity index (χ1n) is 14.5. The lowest BCUT2D eigenvalue weighted by Crippen LogP contribution is -2.34. The Morgan fingerprint density at radius 2 is 1.15 bits per heavy atom. The van der Waals surface area contributed by atoms with Gasteiger partial charge in [0.25, 0.3) is 11.7 Å². The molecule has 1 amide bonds. The highest BCUT2D eigenvalue weighted by Gasteiger charge is 2.18. The van der Waals surface area contributed by atoms with Crippen LogP contribution in [0.2, 0.25) is 0 Å². The highest BCUT2D eigenvalue weighted by molar-refractivity contribution is 7.13. The van der Waals surface area contributed by atoms with Crippen LogP contribution in [-0.4, -0.2) is 18.2 Å². The second kappa shape index (κ2) is 22.3. The van der Waals surface area contributed by atoms with E-state index < -0.39 is 5.91 Å². The van der Waals surface area contributed by atoms with Crippen LogP contribution in [0.15, 0.2) is 17.5 Å². The van der Waals surface area contributed by atoms with E-state index in [2.05, 4.69) is 19.2 Å². The van der Waals surface area contributed by atoms with Crippen LogP contribution in [0.25, 0.3) is 0 Å². The molecule has 1 aromatic heterocycles. The van der Waals surface area contributed by atoms with Crippen molar-refractivity contribution in [3.63, 3.8) is 0 Å². The number of amides is 1. The molecule has 1 unspecified atom stereocenters. The molecule has 0 fully saturated rings. The second-order valence-electron chi connectivity index (χ2n) is 10.1. The van der Waals surface area contributed by atoms with E-state index in [0.717, 1.165) is 0 Å². The van der Waals surface area contributed by atoms with Gasteiger partial charge in [0.05, 0.1) is 4.88 Å². The van der Waals surface area contributed by atoms with Crippen LogP contribution in [0.4, 0.5) is 0 Å². The number of hydrogen-bond donors (Lipinski definition) is 1. The quantitative estimate of drug-likeness (QED) is 0.0888. The first-order valence-corrected chi connectivity index (χ1v) is 15.4. The number of nitrogens with one attached hydrogen (secondary N) is 1. The summed E-state index contributed by atoms with van der Waals surface area (Å²) in [5.41, 5.74) is 0. The van der Waals surface area contributed by atoms with Crippen molar-refractivity contribution in [3.05, 3.63) is 22.4 Å². The summed E-state index contributed by atoms with van der Waals surface area (Å²) >= 11 is 1.34. The molecule has 0 saturated heterocycles. The molecule has 0 spiro atoms. The molecular formula is C30H53NO2S. The maximum Gasteiger partial charge on any atom is 0.293 e. The summed E-state index contributed by atoms with van der Waals surface area (Å²) in [7, 11) is 0. The molecule has 0 radical (unpaired) electrons. The fourth-order valence-electron chi connectivity index (χ4n) is 4.67. The summed E-state index contributed by atoms with van der Waals surface area (Å²) < 4.78 is 0. The van der Waals surface area contributed by atoms with Crippen molar-refractivity contribution in [2.24, 2.45) is 5.92 Å². The van der Waals surface area contributed by atoms with E-state index in [1.54, 1.807) is 6.07 Å². The van der Waals surface area contributed by atoms with Gasteiger partial charge in [-0.25, -0.2) is 0 Å². The van der Waals surface area contributed by atoms with Gasteiger partial charge in [-0.3, -0.25) is 9.59 Å².